The summed E-state index contributed by atoms with van der Waals surface area (Å²) in [5, 5.41) is 4.15. The SMILES string of the molecule is Cc1nn(C)c(OCC2(N)CCCC2)c1C(N)=O. The molecule has 0 aliphatic heterocycles. The molecule has 0 aromatic carbocycles. The van der Waals surface area contributed by atoms with Crippen molar-refractivity contribution < 1.29 is 9.53 Å². The minimum Gasteiger partial charge on any atom is -0.475 e. The van der Waals surface area contributed by atoms with Gasteiger partial charge in [-0.3, -0.25) is 4.79 Å². The molecule has 0 atom stereocenters. The van der Waals surface area contributed by atoms with E-state index in [1.807, 2.05) is 0 Å². The number of hydrogen-bond donors (Lipinski definition) is 2. The highest BCUT2D eigenvalue weighted by Crippen LogP contribution is 2.29. The number of rotatable bonds is 4. The second kappa shape index (κ2) is 4.61. The molecular weight excluding hydrogens is 232 g/mol. The van der Waals surface area contributed by atoms with Crippen LogP contribution in [0.25, 0.3) is 0 Å². The van der Waals surface area contributed by atoms with Crippen molar-refractivity contribution in [2.45, 2.75) is 38.1 Å². The highest BCUT2D eigenvalue weighted by atomic mass is 16.5. The first-order valence-corrected chi connectivity index (χ1v) is 6.18. The van der Waals surface area contributed by atoms with Crippen LogP contribution in [0.3, 0.4) is 0 Å². The average molecular weight is 252 g/mol. The molecule has 18 heavy (non-hydrogen) atoms. The molecule has 4 N–H and O–H groups in total. The van der Waals surface area contributed by atoms with Crippen LogP contribution in [0.1, 0.15) is 41.7 Å². The molecule has 1 aromatic heterocycles. The van der Waals surface area contributed by atoms with Gasteiger partial charge >= 0.3 is 0 Å². The van der Waals surface area contributed by atoms with Crippen LogP contribution < -0.4 is 16.2 Å². The summed E-state index contributed by atoms with van der Waals surface area (Å²) in [6.45, 7) is 2.13. The number of nitrogens with zero attached hydrogens (tertiary/aromatic N) is 2. The molecule has 1 aliphatic carbocycles. The number of nitrogens with two attached hydrogens (primary N) is 2. The van der Waals surface area contributed by atoms with E-state index in [4.69, 9.17) is 16.2 Å². The maximum absolute atomic E-state index is 11.4. The van der Waals surface area contributed by atoms with Crippen LogP contribution in [0.15, 0.2) is 0 Å². The molecule has 6 heteroatoms. The summed E-state index contributed by atoms with van der Waals surface area (Å²) in [6, 6.07) is 0. The molecule has 6 nitrogen and oxygen atoms in total. The number of carbonyl (C=O) groups is 1. The molecule has 100 valence electrons. The van der Waals surface area contributed by atoms with Crippen molar-refractivity contribution in [2.24, 2.45) is 18.5 Å². The van der Waals surface area contributed by atoms with Crippen molar-refractivity contribution in [1.29, 1.82) is 0 Å². The van der Waals surface area contributed by atoms with Crippen LogP contribution in [0.4, 0.5) is 0 Å². The summed E-state index contributed by atoms with van der Waals surface area (Å²) in [4.78, 5) is 11.4. The minimum atomic E-state index is -0.520. The molecule has 1 heterocycles. The van der Waals surface area contributed by atoms with E-state index >= 15 is 0 Å². The summed E-state index contributed by atoms with van der Waals surface area (Å²) < 4.78 is 7.25. The van der Waals surface area contributed by atoms with Gasteiger partial charge in [0.15, 0.2) is 0 Å². The van der Waals surface area contributed by atoms with Gasteiger partial charge < -0.3 is 16.2 Å². The summed E-state index contributed by atoms with van der Waals surface area (Å²) >= 11 is 0. The number of aryl methyl sites for hydroxylation is 2. The van der Waals surface area contributed by atoms with Crippen molar-refractivity contribution in [3.05, 3.63) is 11.3 Å². The Bertz CT molecular complexity index is 461. The monoisotopic (exact) mass is 252 g/mol. The second-order valence-electron chi connectivity index (χ2n) is 5.11. The summed E-state index contributed by atoms with van der Waals surface area (Å²) in [7, 11) is 1.73. The number of hydrogen-bond acceptors (Lipinski definition) is 4. The highest BCUT2D eigenvalue weighted by Gasteiger charge is 2.31. The molecule has 1 saturated carbocycles. The van der Waals surface area contributed by atoms with Crippen LogP contribution in [0.2, 0.25) is 0 Å². The second-order valence-corrected chi connectivity index (χ2v) is 5.11. The van der Waals surface area contributed by atoms with E-state index in [1.165, 1.54) is 4.68 Å². The lowest BCUT2D eigenvalue weighted by Crippen LogP contribution is -2.43. The van der Waals surface area contributed by atoms with Gasteiger partial charge in [-0.05, 0) is 19.8 Å². The van der Waals surface area contributed by atoms with Gasteiger partial charge in [-0.2, -0.15) is 5.10 Å². The van der Waals surface area contributed by atoms with Gasteiger partial charge in [-0.15, -0.1) is 0 Å². The first-order valence-electron chi connectivity index (χ1n) is 6.18. The standard InChI is InChI=1S/C12H20N4O2/c1-8-9(10(13)17)11(16(2)15-8)18-7-12(14)5-3-4-6-12/h3-7,14H2,1-2H3,(H2,13,17). The van der Waals surface area contributed by atoms with E-state index in [-0.39, 0.29) is 5.54 Å². The molecule has 1 aromatic rings. The predicted molar refractivity (Wildman–Crippen MR) is 67.3 cm³/mol. The Labute approximate surface area is 106 Å². The highest BCUT2D eigenvalue weighted by molar-refractivity contribution is 5.96. The first-order chi connectivity index (χ1) is 8.43. The first kappa shape index (κ1) is 12.9. The predicted octanol–water partition coefficient (Wildman–Crippen LogP) is 0.478. The lowest BCUT2D eigenvalue weighted by Gasteiger charge is -2.23. The molecule has 1 aliphatic rings. The largest absolute Gasteiger partial charge is 0.475 e. The Morgan fingerprint density at radius 3 is 2.67 bits per heavy atom. The molecule has 0 spiro atoms. The topological polar surface area (TPSA) is 96.2 Å². The van der Waals surface area contributed by atoms with Gasteiger partial charge in [-0.1, -0.05) is 12.8 Å². The molecule has 0 unspecified atom stereocenters. The average Bonchev–Trinajstić information content (AvgIpc) is 2.81. The van der Waals surface area contributed by atoms with Gasteiger partial charge in [-0.25, -0.2) is 4.68 Å². The summed E-state index contributed by atoms with van der Waals surface area (Å²) in [6.07, 6.45) is 4.17. The Kier molecular flexibility index (Phi) is 3.30. The van der Waals surface area contributed by atoms with Gasteiger partial charge in [0.2, 0.25) is 5.88 Å². The molecule has 0 bridgehead atoms. The number of carbonyl (C=O) groups excluding carboxylic acids is 1. The molecule has 1 amide bonds. The fourth-order valence-corrected chi connectivity index (χ4v) is 2.52. The number of aromatic nitrogens is 2. The Morgan fingerprint density at radius 1 is 1.50 bits per heavy atom. The maximum atomic E-state index is 11.4. The third kappa shape index (κ3) is 2.33. The summed E-state index contributed by atoms with van der Waals surface area (Å²) in [5.74, 6) is -0.107. The lowest BCUT2D eigenvalue weighted by molar-refractivity contribution is 0.0993. The Morgan fingerprint density at radius 2 is 2.11 bits per heavy atom. The quantitative estimate of drug-likeness (QED) is 0.814. The molecule has 2 rings (SSSR count). The van der Waals surface area contributed by atoms with Crippen molar-refractivity contribution >= 4 is 5.91 Å². The van der Waals surface area contributed by atoms with E-state index in [0.717, 1.165) is 25.7 Å². The van der Waals surface area contributed by atoms with Crippen LogP contribution in [-0.2, 0) is 7.05 Å². The lowest BCUT2D eigenvalue weighted by atomic mass is 10.0. The van der Waals surface area contributed by atoms with Crippen LogP contribution in [-0.4, -0.2) is 27.8 Å². The normalized spacial score (nSPS) is 17.9. The van der Waals surface area contributed by atoms with Crippen LogP contribution >= 0.6 is 0 Å². The van der Waals surface area contributed by atoms with Gasteiger partial charge in [0.25, 0.3) is 5.91 Å². The molecule has 1 fully saturated rings. The van der Waals surface area contributed by atoms with Crippen molar-refractivity contribution in [3.8, 4) is 5.88 Å². The zero-order valence-corrected chi connectivity index (χ0v) is 10.9. The Hall–Kier alpha value is -1.56. The van der Waals surface area contributed by atoms with Crippen molar-refractivity contribution in [1.82, 2.24) is 9.78 Å². The summed E-state index contributed by atoms with van der Waals surface area (Å²) in [5.41, 5.74) is 12.2. The van der Waals surface area contributed by atoms with Crippen LogP contribution in [0.5, 0.6) is 5.88 Å². The maximum Gasteiger partial charge on any atom is 0.256 e. The zero-order chi connectivity index (χ0) is 13.3. The fourth-order valence-electron chi connectivity index (χ4n) is 2.52. The van der Waals surface area contributed by atoms with E-state index < -0.39 is 5.91 Å². The minimum absolute atomic E-state index is 0.285. The zero-order valence-electron chi connectivity index (χ0n) is 10.9. The van der Waals surface area contributed by atoms with E-state index in [9.17, 15) is 4.79 Å². The van der Waals surface area contributed by atoms with Gasteiger partial charge in [0.05, 0.1) is 11.2 Å². The van der Waals surface area contributed by atoms with Gasteiger partial charge in [0.1, 0.15) is 12.2 Å². The van der Waals surface area contributed by atoms with Crippen molar-refractivity contribution in [3.63, 3.8) is 0 Å². The van der Waals surface area contributed by atoms with E-state index in [1.54, 1.807) is 14.0 Å². The van der Waals surface area contributed by atoms with Crippen LogP contribution in [0, 0.1) is 6.92 Å². The fraction of sp³-hybridized carbons (Fsp3) is 0.667. The van der Waals surface area contributed by atoms with Crippen molar-refractivity contribution in [2.75, 3.05) is 6.61 Å². The smallest absolute Gasteiger partial charge is 0.256 e. The Balaban J connectivity index is 2.16. The molecular formula is C12H20N4O2. The number of ether oxygens (including phenoxy) is 1. The number of amides is 1. The number of primary amides is 1. The molecule has 0 saturated heterocycles. The third-order valence-electron chi connectivity index (χ3n) is 3.51. The molecule has 0 radical (unpaired) electrons. The van der Waals surface area contributed by atoms with E-state index in [0.29, 0.717) is 23.7 Å². The third-order valence-corrected chi connectivity index (χ3v) is 3.51. The van der Waals surface area contributed by atoms with Gasteiger partial charge in [0, 0.05) is 7.05 Å². The van der Waals surface area contributed by atoms with E-state index in [2.05, 4.69) is 5.10 Å².